The molecule has 0 radical (unpaired) electrons. The molecule has 0 aliphatic rings. The predicted octanol–water partition coefficient (Wildman–Crippen LogP) is 4.86. The Hall–Kier alpha value is -3.10. The molecular weight excluding hydrogens is 428 g/mol. The van der Waals surface area contributed by atoms with E-state index in [0.717, 1.165) is 17.4 Å². The van der Waals surface area contributed by atoms with Crippen molar-refractivity contribution in [1.82, 2.24) is 0 Å². The molecule has 1 N–H and O–H groups in total. The zero-order valence-electron chi connectivity index (χ0n) is 16.2. The standard InChI is InChI=1S/C21H19ClN2O5S/c1-29-19-10-6-4-8-16(19)21(15-7-3-5-9-17(15)22)23-14-11-12-18(24(25)26)20(13-14)30(2,27)28/h3-13,21,23H,1-2H3. The van der Waals surface area contributed by atoms with Gasteiger partial charge in [-0.25, -0.2) is 8.42 Å². The fraction of sp³-hybridized carbons (Fsp3) is 0.143. The number of hydrogen-bond acceptors (Lipinski definition) is 6. The van der Waals surface area contributed by atoms with Crippen molar-refractivity contribution in [3.05, 3.63) is 93.0 Å². The van der Waals surface area contributed by atoms with Crippen LogP contribution in [0.3, 0.4) is 0 Å². The third kappa shape index (κ3) is 4.55. The maximum absolute atomic E-state index is 12.1. The third-order valence-electron chi connectivity index (χ3n) is 4.53. The van der Waals surface area contributed by atoms with Crippen molar-refractivity contribution in [2.75, 3.05) is 18.7 Å². The van der Waals surface area contributed by atoms with Crippen LogP contribution in [0.25, 0.3) is 0 Å². The molecule has 0 aromatic heterocycles. The molecule has 0 aliphatic carbocycles. The third-order valence-corrected chi connectivity index (χ3v) is 6.00. The van der Waals surface area contributed by atoms with Crippen molar-refractivity contribution in [3.8, 4) is 5.75 Å². The Morgan fingerprint density at radius 2 is 1.67 bits per heavy atom. The smallest absolute Gasteiger partial charge is 0.288 e. The molecule has 3 aromatic rings. The maximum Gasteiger partial charge on any atom is 0.288 e. The van der Waals surface area contributed by atoms with Gasteiger partial charge in [-0.3, -0.25) is 10.1 Å². The van der Waals surface area contributed by atoms with Crippen LogP contribution in [0, 0.1) is 10.1 Å². The van der Waals surface area contributed by atoms with Crippen molar-refractivity contribution in [2.24, 2.45) is 0 Å². The summed E-state index contributed by atoms with van der Waals surface area (Å²) in [5.41, 5.74) is 1.42. The van der Waals surface area contributed by atoms with Crippen LogP contribution in [0.2, 0.25) is 5.02 Å². The Morgan fingerprint density at radius 3 is 2.27 bits per heavy atom. The lowest BCUT2D eigenvalue weighted by molar-refractivity contribution is -0.387. The Balaban J connectivity index is 2.15. The summed E-state index contributed by atoms with van der Waals surface area (Å²) in [6.45, 7) is 0. The van der Waals surface area contributed by atoms with Gasteiger partial charge in [-0.15, -0.1) is 0 Å². The zero-order chi connectivity index (χ0) is 21.9. The highest BCUT2D eigenvalue weighted by Gasteiger charge is 2.25. The lowest BCUT2D eigenvalue weighted by Crippen LogP contribution is -2.15. The van der Waals surface area contributed by atoms with Crippen LogP contribution in [0.1, 0.15) is 17.2 Å². The Bertz CT molecular complexity index is 1200. The number of nitrogens with zero attached hydrogens (tertiary/aromatic N) is 1. The molecule has 156 valence electrons. The molecule has 0 saturated heterocycles. The first-order chi connectivity index (χ1) is 14.2. The van der Waals surface area contributed by atoms with E-state index in [-0.39, 0.29) is 4.90 Å². The Morgan fingerprint density at radius 1 is 1.03 bits per heavy atom. The summed E-state index contributed by atoms with van der Waals surface area (Å²) >= 11 is 6.44. The number of ether oxygens (including phenoxy) is 1. The van der Waals surface area contributed by atoms with E-state index in [4.69, 9.17) is 16.3 Å². The first-order valence-electron chi connectivity index (χ1n) is 8.84. The first-order valence-corrected chi connectivity index (χ1v) is 11.1. The van der Waals surface area contributed by atoms with Crippen LogP contribution in [0.5, 0.6) is 5.75 Å². The molecule has 0 fully saturated rings. The van der Waals surface area contributed by atoms with E-state index in [9.17, 15) is 18.5 Å². The minimum atomic E-state index is -3.82. The van der Waals surface area contributed by atoms with Gasteiger partial charge in [0.15, 0.2) is 9.84 Å². The number of nitrogens with one attached hydrogen (secondary N) is 1. The fourth-order valence-corrected chi connectivity index (χ4v) is 4.26. The molecule has 30 heavy (non-hydrogen) atoms. The molecule has 0 aliphatic heterocycles. The Labute approximate surface area is 179 Å². The molecule has 0 spiro atoms. The second kappa shape index (κ2) is 8.73. The van der Waals surface area contributed by atoms with Crippen molar-refractivity contribution in [3.63, 3.8) is 0 Å². The molecule has 3 rings (SSSR count). The van der Waals surface area contributed by atoms with Crippen LogP contribution in [0.15, 0.2) is 71.6 Å². The van der Waals surface area contributed by atoms with Gasteiger partial charge in [0, 0.05) is 28.6 Å². The van der Waals surface area contributed by atoms with Crippen LogP contribution >= 0.6 is 11.6 Å². The molecular formula is C21H19ClN2O5S. The molecule has 1 atom stereocenters. The quantitative estimate of drug-likeness (QED) is 0.411. The van der Waals surface area contributed by atoms with E-state index in [2.05, 4.69) is 5.32 Å². The topological polar surface area (TPSA) is 98.5 Å². The van der Waals surface area contributed by atoms with E-state index in [1.165, 1.54) is 18.2 Å². The summed E-state index contributed by atoms with van der Waals surface area (Å²) in [7, 11) is -2.27. The normalized spacial score (nSPS) is 12.2. The van der Waals surface area contributed by atoms with Crippen LogP contribution in [-0.2, 0) is 9.84 Å². The molecule has 1 unspecified atom stereocenters. The SMILES string of the molecule is COc1ccccc1C(Nc1ccc([N+](=O)[O-])c(S(C)(=O)=O)c1)c1ccccc1Cl. The molecule has 9 heteroatoms. The highest BCUT2D eigenvalue weighted by molar-refractivity contribution is 7.90. The lowest BCUT2D eigenvalue weighted by atomic mass is 9.97. The second-order valence-corrected chi connectivity index (χ2v) is 8.94. The van der Waals surface area contributed by atoms with Gasteiger partial charge in [0.05, 0.1) is 18.1 Å². The number of para-hydroxylation sites is 1. The highest BCUT2D eigenvalue weighted by Crippen LogP contribution is 2.37. The van der Waals surface area contributed by atoms with E-state index >= 15 is 0 Å². The highest BCUT2D eigenvalue weighted by atomic mass is 35.5. The van der Waals surface area contributed by atoms with Crippen molar-refractivity contribution < 1.29 is 18.1 Å². The van der Waals surface area contributed by atoms with Gasteiger partial charge in [0.2, 0.25) is 0 Å². The molecule has 0 bridgehead atoms. The minimum Gasteiger partial charge on any atom is -0.496 e. The number of sulfone groups is 1. The monoisotopic (exact) mass is 446 g/mol. The van der Waals surface area contributed by atoms with Crippen molar-refractivity contribution >= 4 is 32.8 Å². The molecule has 7 nitrogen and oxygen atoms in total. The largest absolute Gasteiger partial charge is 0.496 e. The number of hydrogen-bond donors (Lipinski definition) is 1. The van der Waals surface area contributed by atoms with Crippen molar-refractivity contribution in [2.45, 2.75) is 10.9 Å². The summed E-state index contributed by atoms with van der Waals surface area (Å²) in [5.74, 6) is 0.611. The summed E-state index contributed by atoms with van der Waals surface area (Å²) in [5, 5.41) is 15.0. The van der Waals surface area contributed by atoms with Gasteiger partial charge in [-0.05, 0) is 29.8 Å². The number of halogens is 1. The number of methoxy groups -OCH3 is 1. The Kier molecular flexibility index (Phi) is 6.28. The van der Waals surface area contributed by atoms with Gasteiger partial charge in [-0.1, -0.05) is 48.0 Å². The van der Waals surface area contributed by atoms with Crippen LogP contribution in [-0.4, -0.2) is 26.7 Å². The average molecular weight is 447 g/mol. The number of anilines is 1. The molecule has 0 saturated carbocycles. The summed E-state index contributed by atoms with van der Waals surface area (Å²) in [6, 6.07) is 18.0. The number of benzene rings is 3. The minimum absolute atomic E-state index is 0.365. The van der Waals surface area contributed by atoms with E-state index < -0.39 is 26.5 Å². The summed E-state index contributed by atoms with van der Waals surface area (Å²) in [4.78, 5) is 10.2. The summed E-state index contributed by atoms with van der Waals surface area (Å²) in [6.07, 6.45) is 0.935. The van der Waals surface area contributed by atoms with Gasteiger partial charge in [-0.2, -0.15) is 0 Å². The average Bonchev–Trinajstić information content (AvgIpc) is 2.72. The first kappa shape index (κ1) is 21.6. The lowest BCUT2D eigenvalue weighted by Gasteiger charge is -2.24. The van der Waals surface area contributed by atoms with Gasteiger partial charge in [0.25, 0.3) is 5.69 Å². The summed E-state index contributed by atoms with van der Waals surface area (Å²) < 4.78 is 29.7. The number of rotatable bonds is 7. The van der Waals surface area contributed by atoms with Gasteiger partial charge < -0.3 is 10.1 Å². The van der Waals surface area contributed by atoms with E-state index in [1.807, 2.05) is 30.3 Å². The van der Waals surface area contributed by atoms with Crippen molar-refractivity contribution in [1.29, 1.82) is 0 Å². The van der Waals surface area contributed by atoms with Gasteiger partial charge in [0.1, 0.15) is 10.6 Å². The molecule has 0 amide bonds. The van der Waals surface area contributed by atoms with E-state index in [1.54, 1.807) is 25.3 Å². The predicted molar refractivity (Wildman–Crippen MR) is 116 cm³/mol. The number of nitro benzene ring substituents is 1. The fourth-order valence-electron chi connectivity index (χ4n) is 3.16. The maximum atomic E-state index is 12.1. The molecule has 3 aromatic carbocycles. The zero-order valence-corrected chi connectivity index (χ0v) is 17.8. The van der Waals surface area contributed by atoms with Gasteiger partial charge >= 0.3 is 0 Å². The van der Waals surface area contributed by atoms with E-state index in [0.29, 0.717) is 16.5 Å². The second-order valence-electron chi connectivity index (χ2n) is 6.55. The number of nitro groups is 1. The van der Waals surface area contributed by atoms with Crippen LogP contribution < -0.4 is 10.1 Å². The van der Waals surface area contributed by atoms with Crippen LogP contribution in [0.4, 0.5) is 11.4 Å². The molecule has 0 heterocycles.